The molecule has 0 saturated carbocycles. The molecule has 0 atom stereocenters. The quantitative estimate of drug-likeness (QED) is 0.357. The van der Waals surface area contributed by atoms with Gasteiger partial charge in [0.2, 0.25) is 0 Å². The molecule has 0 bridgehead atoms. The lowest BCUT2D eigenvalue weighted by Gasteiger charge is -2.10. The Balaban J connectivity index is 1.68. The molecule has 0 saturated heterocycles. The first kappa shape index (κ1) is 19.5. The Morgan fingerprint density at radius 2 is 1.74 bits per heavy atom. The number of phenolic OH excluding ortho intramolecular Hbond substituents is 1. The SMILES string of the molecule is O=C(NC(=S)Nc1cc(Cl)c(O)c(Cl)c1)c1ccc(-c2cccc(Cl)c2)o1. The average molecular weight is 442 g/mol. The molecule has 3 rings (SSSR count). The summed E-state index contributed by atoms with van der Waals surface area (Å²) in [6.07, 6.45) is 0. The van der Waals surface area contributed by atoms with Crippen LogP contribution >= 0.6 is 47.0 Å². The van der Waals surface area contributed by atoms with Crippen LogP contribution in [0.5, 0.6) is 5.75 Å². The maximum atomic E-state index is 12.3. The van der Waals surface area contributed by atoms with Gasteiger partial charge in [-0.2, -0.15) is 0 Å². The minimum Gasteiger partial charge on any atom is -0.505 e. The third-order valence-corrected chi connectivity index (χ3v) is 4.46. The van der Waals surface area contributed by atoms with Crippen LogP contribution in [-0.4, -0.2) is 16.1 Å². The molecule has 27 heavy (non-hydrogen) atoms. The van der Waals surface area contributed by atoms with Gasteiger partial charge in [-0.25, -0.2) is 0 Å². The average Bonchev–Trinajstić information content (AvgIpc) is 3.10. The molecule has 138 valence electrons. The second-order valence-electron chi connectivity index (χ2n) is 5.37. The minimum atomic E-state index is -0.531. The monoisotopic (exact) mass is 440 g/mol. The summed E-state index contributed by atoms with van der Waals surface area (Å²) in [7, 11) is 0. The second-order valence-corrected chi connectivity index (χ2v) is 7.03. The smallest absolute Gasteiger partial charge is 0.293 e. The Kier molecular flexibility index (Phi) is 5.92. The number of rotatable bonds is 3. The number of amides is 1. The largest absolute Gasteiger partial charge is 0.505 e. The fraction of sp³-hybridized carbons (Fsp3) is 0. The highest BCUT2D eigenvalue weighted by atomic mass is 35.5. The zero-order chi connectivity index (χ0) is 19.6. The predicted octanol–water partition coefficient (Wildman–Crippen LogP) is 5.74. The van der Waals surface area contributed by atoms with Gasteiger partial charge in [-0.3, -0.25) is 10.1 Å². The molecule has 0 radical (unpaired) electrons. The number of furan rings is 1. The topological polar surface area (TPSA) is 74.5 Å². The molecule has 5 nitrogen and oxygen atoms in total. The van der Waals surface area contributed by atoms with Crippen molar-refractivity contribution in [2.45, 2.75) is 0 Å². The Hall–Kier alpha value is -2.25. The van der Waals surface area contributed by atoms with E-state index in [0.717, 1.165) is 5.56 Å². The first-order valence-electron chi connectivity index (χ1n) is 7.49. The van der Waals surface area contributed by atoms with Crippen molar-refractivity contribution in [2.75, 3.05) is 5.32 Å². The van der Waals surface area contributed by atoms with E-state index in [9.17, 15) is 9.90 Å². The van der Waals surface area contributed by atoms with Crippen LogP contribution in [0.15, 0.2) is 52.9 Å². The molecular weight excluding hydrogens is 431 g/mol. The van der Waals surface area contributed by atoms with Crippen molar-refractivity contribution in [2.24, 2.45) is 0 Å². The number of halogens is 3. The van der Waals surface area contributed by atoms with E-state index in [-0.39, 0.29) is 26.7 Å². The normalized spacial score (nSPS) is 10.5. The summed E-state index contributed by atoms with van der Waals surface area (Å²) in [5.74, 6) is -0.186. The summed E-state index contributed by atoms with van der Waals surface area (Å²) >= 11 is 22.8. The molecular formula is C18H11Cl3N2O3S. The first-order chi connectivity index (χ1) is 12.8. The van der Waals surface area contributed by atoms with Crippen LogP contribution in [-0.2, 0) is 0 Å². The van der Waals surface area contributed by atoms with Gasteiger partial charge in [0, 0.05) is 16.3 Å². The van der Waals surface area contributed by atoms with Crippen molar-refractivity contribution in [3.05, 3.63) is 69.4 Å². The minimum absolute atomic E-state index is 0.0125. The van der Waals surface area contributed by atoms with E-state index in [1.165, 1.54) is 18.2 Å². The highest BCUT2D eigenvalue weighted by Crippen LogP contribution is 2.34. The zero-order valence-corrected chi connectivity index (χ0v) is 16.5. The molecule has 9 heteroatoms. The van der Waals surface area contributed by atoms with E-state index in [1.54, 1.807) is 24.3 Å². The van der Waals surface area contributed by atoms with E-state index >= 15 is 0 Å². The molecule has 2 aromatic carbocycles. The first-order valence-corrected chi connectivity index (χ1v) is 9.04. The van der Waals surface area contributed by atoms with Crippen molar-refractivity contribution < 1.29 is 14.3 Å². The number of hydrogen-bond acceptors (Lipinski definition) is 4. The molecule has 0 aliphatic carbocycles. The number of thiocarbonyl (C=S) groups is 1. The summed E-state index contributed by atoms with van der Waals surface area (Å²) in [6.45, 7) is 0. The van der Waals surface area contributed by atoms with Crippen molar-refractivity contribution in [3.8, 4) is 17.1 Å². The number of carbonyl (C=O) groups is 1. The summed E-state index contributed by atoms with van der Waals surface area (Å²) in [4.78, 5) is 12.3. The van der Waals surface area contributed by atoms with Crippen LogP contribution < -0.4 is 10.6 Å². The van der Waals surface area contributed by atoms with Gasteiger partial charge in [-0.1, -0.05) is 46.9 Å². The lowest BCUT2D eigenvalue weighted by atomic mass is 10.2. The number of benzene rings is 2. The van der Waals surface area contributed by atoms with Gasteiger partial charge >= 0.3 is 0 Å². The molecule has 1 heterocycles. The number of nitrogens with one attached hydrogen (secondary N) is 2. The van der Waals surface area contributed by atoms with Gasteiger partial charge in [-0.05, 0) is 48.6 Å². The summed E-state index contributed by atoms with van der Waals surface area (Å²) in [5, 5.41) is 15.5. The Morgan fingerprint density at radius 3 is 2.41 bits per heavy atom. The van der Waals surface area contributed by atoms with Gasteiger partial charge in [0.25, 0.3) is 5.91 Å². The third kappa shape index (κ3) is 4.73. The van der Waals surface area contributed by atoms with Crippen LogP contribution in [0, 0.1) is 0 Å². The summed E-state index contributed by atoms with van der Waals surface area (Å²) in [6, 6.07) is 13.1. The molecule has 0 unspecified atom stereocenters. The number of aromatic hydroxyl groups is 1. The van der Waals surface area contributed by atoms with E-state index < -0.39 is 5.91 Å². The predicted molar refractivity (Wildman–Crippen MR) is 111 cm³/mol. The van der Waals surface area contributed by atoms with Crippen LogP contribution in [0.1, 0.15) is 10.6 Å². The zero-order valence-electron chi connectivity index (χ0n) is 13.4. The Bertz CT molecular complexity index is 1010. The van der Waals surface area contributed by atoms with Crippen LogP contribution in [0.2, 0.25) is 15.1 Å². The maximum Gasteiger partial charge on any atom is 0.293 e. The number of phenols is 1. The van der Waals surface area contributed by atoms with Crippen molar-refractivity contribution >= 4 is 63.7 Å². The standard InChI is InChI=1S/C18H11Cl3N2O3S/c19-10-3-1-2-9(6-10)14-4-5-15(26-14)17(25)23-18(27)22-11-7-12(20)16(24)13(21)8-11/h1-8,24H,(H2,22,23,25,27). The fourth-order valence-corrected chi connectivity index (χ4v) is 3.11. The molecule has 0 aliphatic heterocycles. The highest BCUT2D eigenvalue weighted by molar-refractivity contribution is 7.80. The van der Waals surface area contributed by atoms with Crippen LogP contribution in [0.4, 0.5) is 5.69 Å². The molecule has 3 N–H and O–H groups in total. The van der Waals surface area contributed by atoms with Gasteiger partial charge in [0.05, 0.1) is 10.0 Å². The van der Waals surface area contributed by atoms with E-state index in [4.69, 9.17) is 51.4 Å². The Labute approximate surface area is 174 Å². The molecule has 0 spiro atoms. The van der Waals surface area contributed by atoms with Gasteiger partial charge in [0.15, 0.2) is 16.6 Å². The van der Waals surface area contributed by atoms with Gasteiger partial charge < -0.3 is 14.8 Å². The van der Waals surface area contributed by atoms with E-state index in [1.807, 2.05) is 6.07 Å². The second kappa shape index (κ2) is 8.19. The number of anilines is 1. The molecule has 0 aliphatic rings. The third-order valence-electron chi connectivity index (χ3n) is 3.44. The van der Waals surface area contributed by atoms with Crippen molar-refractivity contribution in [3.63, 3.8) is 0 Å². The van der Waals surface area contributed by atoms with E-state index in [0.29, 0.717) is 16.5 Å². The molecule has 3 aromatic rings. The summed E-state index contributed by atoms with van der Waals surface area (Å²) in [5.41, 5.74) is 1.16. The van der Waals surface area contributed by atoms with Crippen molar-refractivity contribution in [1.29, 1.82) is 0 Å². The van der Waals surface area contributed by atoms with Crippen LogP contribution in [0.25, 0.3) is 11.3 Å². The lowest BCUT2D eigenvalue weighted by Crippen LogP contribution is -2.33. The van der Waals surface area contributed by atoms with Gasteiger partial charge in [0.1, 0.15) is 5.76 Å². The molecule has 1 amide bonds. The molecule has 0 fully saturated rings. The Morgan fingerprint density at radius 1 is 1.04 bits per heavy atom. The number of hydrogen-bond donors (Lipinski definition) is 3. The number of carbonyl (C=O) groups excluding carboxylic acids is 1. The fourth-order valence-electron chi connectivity index (χ4n) is 2.22. The highest BCUT2D eigenvalue weighted by Gasteiger charge is 2.15. The van der Waals surface area contributed by atoms with Crippen LogP contribution in [0.3, 0.4) is 0 Å². The van der Waals surface area contributed by atoms with Gasteiger partial charge in [-0.15, -0.1) is 0 Å². The van der Waals surface area contributed by atoms with E-state index in [2.05, 4.69) is 10.6 Å². The molecule has 1 aromatic heterocycles. The van der Waals surface area contributed by atoms with Crippen molar-refractivity contribution in [1.82, 2.24) is 5.32 Å². The summed E-state index contributed by atoms with van der Waals surface area (Å²) < 4.78 is 5.56. The lowest BCUT2D eigenvalue weighted by molar-refractivity contribution is 0.0951. The maximum absolute atomic E-state index is 12.3.